The molecule has 1 atom stereocenters. The molecular formula is C18H16FN3O2S. The summed E-state index contributed by atoms with van der Waals surface area (Å²) in [6, 6.07) is 10.1. The molecule has 0 saturated heterocycles. The van der Waals surface area contributed by atoms with Gasteiger partial charge in [0.15, 0.2) is 0 Å². The highest BCUT2D eigenvalue weighted by atomic mass is 32.2. The zero-order chi connectivity index (χ0) is 17.6. The third-order valence-corrected chi connectivity index (χ3v) is 5.42. The summed E-state index contributed by atoms with van der Waals surface area (Å²) in [5.41, 5.74) is 2.18. The van der Waals surface area contributed by atoms with Gasteiger partial charge in [0.25, 0.3) is 0 Å². The first-order chi connectivity index (χ1) is 12.0. The lowest BCUT2D eigenvalue weighted by Gasteiger charge is -2.12. The van der Waals surface area contributed by atoms with E-state index in [0.717, 1.165) is 11.3 Å². The molecule has 0 spiro atoms. The van der Waals surface area contributed by atoms with Crippen LogP contribution in [-0.4, -0.2) is 21.4 Å². The molecule has 1 unspecified atom stereocenters. The van der Waals surface area contributed by atoms with Crippen molar-refractivity contribution in [3.05, 3.63) is 59.2 Å². The number of aryl methyl sites for hydroxylation is 2. The van der Waals surface area contributed by atoms with Gasteiger partial charge in [-0.15, -0.1) is 11.8 Å². The Balaban J connectivity index is 1.78. The first-order valence-electron chi connectivity index (χ1n) is 7.84. The van der Waals surface area contributed by atoms with Gasteiger partial charge in [-0.05, 0) is 31.2 Å². The number of carbonyl (C=O) groups is 1. The fraction of sp³-hybridized carbons (Fsp3) is 0.222. The number of anilines is 1. The molecule has 5 nitrogen and oxygen atoms in total. The largest absolute Gasteiger partial charge is 0.459 e. The lowest BCUT2D eigenvalue weighted by Crippen LogP contribution is -2.15. The van der Waals surface area contributed by atoms with Crippen molar-refractivity contribution in [3.63, 3.8) is 0 Å². The molecule has 0 saturated carbocycles. The average Bonchev–Trinajstić information content (AvgIpc) is 3.10. The SMILES string of the molecule is Cc1nn(C)c2c1C(c1ccc(-c3ccccc3F)o1)SCC(=O)N2. The summed E-state index contributed by atoms with van der Waals surface area (Å²) in [6.45, 7) is 1.91. The molecule has 1 aliphatic heterocycles. The van der Waals surface area contributed by atoms with Crippen LogP contribution in [0.4, 0.5) is 10.2 Å². The third-order valence-electron chi connectivity index (χ3n) is 4.19. The Morgan fingerprint density at radius 3 is 2.92 bits per heavy atom. The van der Waals surface area contributed by atoms with Crippen molar-refractivity contribution < 1.29 is 13.6 Å². The molecule has 0 fully saturated rings. The molecule has 0 radical (unpaired) electrons. The molecule has 0 bridgehead atoms. The fourth-order valence-electron chi connectivity index (χ4n) is 3.07. The lowest BCUT2D eigenvalue weighted by molar-refractivity contribution is -0.113. The Morgan fingerprint density at radius 2 is 2.12 bits per heavy atom. The number of fused-ring (bicyclic) bond motifs is 1. The molecule has 25 heavy (non-hydrogen) atoms. The Bertz CT molecular complexity index is 963. The average molecular weight is 357 g/mol. The van der Waals surface area contributed by atoms with Gasteiger partial charge in [-0.1, -0.05) is 12.1 Å². The summed E-state index contributed by atoms with van der Waals surface area (Å²) in [5, 5.41) is 7.13. The maximum Gasteiger partial charge on any atom is 0.235 e. The van der Waals surface area contributed by atoms with E-state index in [9.17, 15) is 9.18 Å². The van der Waals surface area contributed by atoms with Crippen molar-refractivity contribution >= 4 is 23.5 Å². The number of thioether (sulfide) groups is 1. The van der Waals surface area contributed by atoms with Crippen LogP contribution in [0.3, 0.4) is 0 Å². The van der Waals surface area contributed by atoms with Crippen LogP contribution in [0, 0.1) is 12.7 Å². The van der Waals surface area contributed by atoms with E-state index in [1.165, 1.54) is 17.8 Å². The van der Waals surface area contributed by atoms with E-state index in [2.05, 4.69) is 10.4 Å². The van der Waals surface area contributed by atoms with E-state index in [-0.39, 0.29) is 17.0 Å². The minimum Gasteiger partial charge on any atom is -0.459 e. The van der Waals surface area contributed by atoms with Crippen LogP contribution in [0.5, 0.6) is 0 Å². The van der Waals surface area contributed by atoms with Gasteiger partial charge in [0, 0.05) is 12.6 Å². The van der Waals surface area contributed by atoms with E-state index in [1.54, 1.807) is 36.0 Å². The molecule has 3 heterocycles. The number of benzene rings is 1. The fourth-order valence-corrected chi connectivity index (χ4v) is 4.20. The third kappa shape index (κ3) is 2.74. The number of nitrogens with zero attached hydrogens (tertiary/aromatic N) is 2. The summed E-state index contributed by atoms with van der Waals surface area (Å²) >= 11 is 1.48. The first kappa shape index (κ1) is 16.0. The van der Waals surface area contributed by atoms with Crippen LogP contribution >= 0.6 is 11.8 Å². The molecular weight excluding hydrogens is 341 g/mol. The minimum atomic E-state index is -0.327. The van der Waals surface area contributed by atoms with Crippen molar-refractivity contribution in [3.8, 4) is 11.3 Å². The van der Waals surface area contributed by atoms with Crippen molar-refractivity contribution in [1.82, 2.24) is 9.78 Å². The second-order valence-electron chi connectivity index (χ2n) is 5.89. The number of amides is 1. The van der Waals surface area contributed by atoms with Crippen LogP contribution in [0.25, 0.3) is 11.3 Å². The summed E-state index contributed by atoms with van der Waals surface area (Å²) in [5.74, 6) is 1.75. The molecule has 7 heteroatoms. The van der Waals surface area contributed by atoms with Crippen LogP contribution in [0.1, 0.15) is 22.3 Å². The summed E-state index contributed by atoms with van der Waals surface area (Å²) in [7, 11) is 1.80. The van der Waals surface area contributed by atoms with Crippen LogP contribution < -0.4 is 5.32 Å². The van der Waals surface area contributed by atoms with Gasteiger partial charge in [0.1, 0.15) is 23.2 Å². The predicted molar refractivity (Wildman–Crippen MR) is 95.0 cm³/mol. The van der Waals surface area contributed by atoms with Gasteiger partial charge in [0.05, 0.1) is 22.3 Å². The van der Waals surface area contributed by atoms with Crippen molar-refractivity contribution in [2.45, 2.75) is 12.2 Å². The standard InChI is InChI=1S/C18H16FN3O2S/c1-10-16-17(25-9-15(23)20-18(16)22(2)21-10)14-8-7-13(24-14)11-5-3-4-6-12(11)19/h3-8,17H,9H2,1-2H3,(H,20,23). The number of furan rings is 1. The highest BCUT2D eigenvalue weighted by Crippen LogP contribution is 2.44. The highest BCUT2D eigenvalue weighted by Gasteiger charge is 2.31. The smallest absolute Gasteiger partial charge is 0.235 e. The second-order valence-corrected chi connectivity index (χ2v) is 6.99. The van der Waals surface area contributed by atoms with Crippen molar-refractivity contribution in [2.24, 2.45) is 7.05 Å². The number of halogens is 1. The van der Waals surface area contributed by atoms with Crippen molar-refractivity contribution in [1.29, 1.82) is 0 Å². The number of hydrogen-bond donors (Lipinski definition) is 1. The molecule has 2 aromatic heterocycles. The van der Waals surface area contributed by atoms with E-state index < -0.39 is 0 Å². The summed E-state index contributed by atoms with van der Waals surface area (Å²) in [6.07, 6.45) is 0. The highest BCUT2D eigenvalue weighted by molar-refractivity contribution is 8.00. The monoisotopic (exact) mass is 357 g/mol. The molecule has 1 aliphatic rings. The predicted octanol–water partition coefficient (Wildman–Crippen LogP) is 3.90. The van der Waals surface area contributed by atoms with Crippen LogP contribution in [0.2, 0.25) is 0 Å². The van der Waals surface area contributed by atoms with E-state index in [4.69, 9.17) is 4.42 Å². The van der Waals surface area contributed by atoms with Crippen molar-refractivity contribution in [2.75, 3.05) is 11.1 Å². The number of aromatic nitrogens is 2. The minimum absolute atomic E-state index is 0.0716. The summed E-state index contributed by atoms with van der Waals surface area (Å²) < 4.78 is 21.7. The molecule has 4 rings (SSSR count). The topological polar surface area (TPSA) is 60.1 Å². The van der Waals surface area contributed by atoms with Gasteiger partial charge in [-0.3, -0.25) is 9.48 Å². The van der Waals surface area contributed by atoms with E-state index >= 15 is 0 Å². The van der Waals surface area contributed by atoms with Crippen LogP contribution in [-0.2, 0) is 11.8 Å². The molecule has 1 amide bonds. The maximum atomic E-state index is 14.0. The maximum absolute atomic E-state index is 14.0. The Kier molecular flexibility index (Phi) is 3.88. The Labute approximate surface area is 148 Å². The van der Waals surface area contributed by atoms with Gasteiger partial charge >= 0.3 is 0 Å². The molecule has 3 aromatic rings. The first-order valence-corrected chi connectivity index (χ1v) is 8.89. The molecule has 1 aromatic carbocycles. The van der Waals surface area contributed by atoms with Gasteiger partial charge in [0.2, 0.25) is 5.91 Å². The van der Waals surface area contributed by atoms with E-state index in [0.29, 0.717) is 28.7 Å². The molecule has 128 valence electrons. The second kappa shape index (κ2) is 6.07. The molecule has 1 N–H and O–H groups in total. The summed E-state index contributed by atoms with van der Waals surface area (Å²) in [4.78, 5) is 12.0. The quantitative estimate of drug-likeness (QED) is 0.756. The van der Waals surface area contributed by atoms with Gasteiger partial charge in [-0.2, -0.15) is 5.10 Å². The number of carbonyl (C=O) groups excluding carboxylic acids is 1. The lowest BCUT2D eigenvalue weighted by atomic mass is 10.1. The number of rotatable bonds is 2. The van der Waals surface area contributed by atoms with Gasteiger partial charge in [-0.25, -0.2) is 4.39 Å². The van der Waals surface area contributed by atoms with E-state index in [1.807, 2.05) is 13.0 Å². The van der Waals surface area contributed by atoms with Crippen LogP contribution in [0.15, 0.2) is 40.8 Å². The number of hydrogen-bond acceptors (Lipinski definition) is 4. The Hall–Kier alpha value is -2.54. The number of nitrogens with one attached hydrogen (secondary N) is 1. The zero-order valence-electron chi connectivity index (χ0n) is 13.7. The normalized spacial score (nSPS) is 17.1. The Morgan fingerprint density at radius 1 is 1.32 bits per heavy atom. The molecule has 0 aliphatic carbocycles. The zero-order valence-corrected chi connectivity index (χ0v) is 14.6. The van der Waals surface area contributed by atoms with Gasteiger partial charge < -0.3 is 9.73 Å².